The van der Waals surface area contributed by atoms with Crippen LogP contribution in [0.4, 0.5) is 0 Å². The third-order valence-corrected chi connectivity index (χ3v) is 9.26. The number of halogens is 1. The number of hydrogen-bond acceptors (Lipinski definition) is 3. The second kappa shape index (κ2) is 8.82. The summed E-state index contributed by atoms with van der Waals surface area (Å²) in [6, 6.07) is 16.0. The van der Waals surface area contributed by atoms with Crippen LogP contribution in [0.25, 0.3) is 0 Å². The standard InChI is InChI=1S/C29H38ClNO2/c1-19(11-21-5-10-26(32-3)27(13-21)33-4)31-20(2)28-14-22-12-23(15-28)17-29(16-22,18-28)24-6-8-25(30)9-7-24/h5-10,13,19-20,22-23,31H,11-12,14-18H2,1-4H3/t19-,20+,22-,23-,28?,29?/m1/s1. The summed E-state index contributed by atoms with van der Waals surface area (Å²) in [5, 5.41) is 4.88. The van der Waals surface area contributed by atoms with E-state index >= 15 is 0 Å². The van der Waals surface area contributed by atoms with Crippen LogP contribution in [0.5, 0.6) is 11.5 Å². The molecule has 6 rings (SSSR count). The van der Waals surface area contributed by atoms with Gasteiger partial charge >= 0.3 is 0 Å². The van der Waals surface area contributed by atoms with Crippen molar-refractivity contribution in [2.24, 2.45) is 17.3 Å². The monoisotopic (exact) mass is 467 g/mol. The van der Waals surface area contributed by atoms with E-state index in [2.05, 4.69) is 55.6 Å². The Morgan fingerprint density at radius 2 is 1.61 bits per heavy atom. The molecule has 4 atom stereocenters. The molecule has 178 valence electrons. The van der Waals surface area contributed by atoms with E-state index in [9.17, 15) is 0 Å². The first-order valence-corrected chi connectivity index (χ1v) is 13.0. The molecule has 1 N–H and O–H groups in total. The molecule has 0 saturated heterocycles. The van der Waals surface area contributed by atoms with Gasteiger partial charge < -0.3 is 14.8 Å². The molecule has 4 bridgehead atoms. The zero-order chi connectivity index (χ0) is 23.2. The van der Waals surface area contributed by atoms with Crippen LogP contribution in [0.3, 0.4) is 0 Å². The average Bonchev–Trinajstić information content (AvgIpc) is 2.78. The SMILES string of the molecule is COc1ccc(C[C@@H](C)N[C@@H](C)C23C[C@H]4C[C@@H](CC(c5ccc(Cl)cc5)(C4)C2)C3)cc1OC. The molecule has 0 spiro atoms. The zero-order valence-electron chi connectivity index (χ0n) is 20.5. The highest BCUT2D eigenvalue weighted by atomic mass is 35.5. The highest BCUT2D eigenvalue weighted by Crippen LogP contribution is 2.66. The molecule has 4 aliphatic carbocycles. The fourth-order valence-electron chi connectivity index (χ4n) is 8.00. The van der Waals surface area contributed by atoms with E-state index in [0.717, 1.165) is 34.8 Å². The molecule has 3 nitrogen and oxygen atoms in total. The molecule has 0 aromatic heterocycles. The second-order valence-corrected chi connectivity index (χ2v) is 11.7. The summed E-state index contributed by atoms with van der Waals surface area (Å²) in [6.45, 7) is 4.77. The molecular weight excluding hydrogens is 430 g/mol. The van der Waals surface area contributed by atoms with Gasteiger partial charge in [0, 0.05) is 17.1 Å². The summed E-state index contributed by atoms with van der Waals surface area (Å²) >= 11 is 6.23. The van der Waals surface area contributed by atoms with Crippen molar-refractivity contribution in [3.8, 4) is 11.5 Å². The maximum Gasteiger partial charge on any atom is 0.160 e. The normalized spacial score (nSPS) is 31.9. The van der Waals surface area contributed by atoms with Gasteiger partial charge in [0.25, 0.3) is 0 Å². The molecule has 4 aliphatic rings. The highest BCUT2D eigenvalue weighted by Gasteiger charge is 2.59. The quantitative estimate of drug-likeness (QED) is 0.462. The smallest absolute Gasteiger partial charge is 0.160 e. The Hall–Kier alpha value is -1.71. The lowest BCUT2D eigenvalue weighted by Gasteiger charge is -2.64. The predicted molar refractivity (Wildman–Crippen MR) is 136 cm³/mol. The molecule has 4 saturated carbocycles. The maximum absolute atomic E-state index is 6.23. The molecule has 33 heavy (non-hydrogen) atoms. The Balaban J connectivity index is 1.32. The van der Waals surface area contributed by atoms with Gasteiger partial charge in [-0.15, -0.1) is 0 Å². The zero-order valence-corrected chi connectivity index (χ0v) is 21.3. The van der Waals surface area contributed by atoms with Crippen LogP contribution in [-0.4, -0.2) is 26.3 Å². The van der Waals surface area contributed by atoms with Gasteiger partial charge in [0.15, 0.2) is 11.5 Å². The molecule has 2 aromatic rings. The molecule has 0 amide bonds. The highest BCUT2D eigenvalue weighted by molar-refractivity contribution is 6.30. The number of hydrogen-bond donors (Lipinski definition) is 1. The van der Waals surface area contributed by atoms with Gasteiger partial charge in [-0.3, -0.25) is 0 Å². The van der Waals surface area contributed by atoms with Crippen molar-refractivity contribution >= 4 is 11.6 Å². The van der Waals surface area contributed by atoms with E-state index in [-0.39, 0.29) is 0 Å². The Kier molecular flexibility index (Phi) is 6.16. The van der Waals surface area contributed by atoms with E-state index in [1.54, 1.807) is 14.2 Å². The van der Waals surface area contributed by atoms with Crippen molar-refractivity contribution in [2.75, 3.05) is 14.2 Å². The molecule has 0 aliphatic heterocycles. The fourth-order valence-corrected chi connectivity index (χ4v) is 8.13. The number of methoxy groups -OCH3 is 2. The van der Waals surface area contributed by atoms with Crippen molar-refractivity contribution < 1.29 is 9.47 Å². The van der Waals surface area contributed by atoms with E-state index in [4.69, 9.17) is 21.1 Å². The van der Waals surface area contributed by atoms with Gasteiger partial charge in [-0.05, 0) is 117 Å². The van der Waals surface area contributed by atoms with E-state index in [1.165, 1.54) is 49.7 Å². The minimum absolute atomic E-state index is 0.344. The van der Waals surface area contributed by atoms with Crippen LogP contribution >= 0.6 is 11.6 Å². The molecule has 0 unspecified atom stereocenters. The van der Waals surface area contributed by atoms with Crippen LogP contribution < -0.4 is 14.8 Å². The van der Waals surface area contributed by atoms with Crippen LogP contribution in [0.15, 0.2) is 42.5 Å². The van der Waals surface area contributed by atoms with Crippen molar-refractivity contribution in [2.45, 2.75) is 76.3 Å². The second-order valence-electron chi connectivity index (χ2n) is 11.3. The summed E-state index contributed by atoms with van der Waals surface area (Å²) < 4.78 is 10.9. The minimum atomic E-state index is 0.344. The van der Waals surface area contributed by atoms with E-state index < -0.39 is 0 Å². The molecule has 2 aromatic carbocycles. The number of rotatable bonds is 8. The molecule has 0 radical (unpaired) electrons. The fraction of sp³-hybridized carbons (Fsp3) is 0.586. The van der Waals surface area contributed by atoms with Gasteiger partial charge in [-0.1, -0.05) is 29.8 Å². The number of nitrogens with one attached hydrogen (secondary N) is 1. The molecule has 0 heterocycles. The van der Waals surface area contributed by atoms with Crippen molar-refractivity contribution in [3.05, 3.63) is 58.6 Å². The van der Waals surface area contributed by atoms with Crippen molar-refractivity contribution in [1.82, 2.24) is 5.32 Å². The van der Waals surface area contributed by atoms with Crippen molar-refractivity contribution in [3.63, 3.8) is 0 Å². The van der Waals surface area contributed by atoms with Gasteiger partial charge in [-0.25, -0.2) is 0 Å². The predicted octanol–water partition coefficient (Wildman–Crippen LogP) is 6.80. The van der Waals surface area contributed by atoms with E-state index in [0.29, 0.717) is 22.9 Å². The van der Waals surface area contributed by atoms with Crippen LogP contribution in [0, 0.1) is 17.3 Å². The number of benzene rings is 2. The Morgan fingerprint density at radius 3 is 2.24 bits per heavy atom. The van der Waals surface area contributed by atoms with E-state index in [1.807, 2.05) is 6.07 Å². The third-order valence-electron chi connectivity index (χ3n) is 9.01. The maximum atomic E-state index is 6.23. The summed E-state index contributed by atoms with van der Waals surface area (Å²) in [5.41, 5.74) is 3.55. The Labute approximate surface area is 204 Å². The lowest BCUT2D eigenvalue weighted by molar-refractivity contribution is -0.0893. The minimum Gasteiger partial charge on any atom is -0.493 e. The first kappa shape index (κ1) is 23.1. The molecular formula is C29H38ClNO2. The summed E-state index contributed by atoms with van der Waals surface area (Å²) in [4.78, 5) is 0. The number of ether oxygens (including phenoxy) is 2. The van der Waals surface area contributed by atoms with Crippen LogP contribution in [-0.2, 0) is 11.8 Å². The lowest BCUT2D eigenvalue weighted by atomic mass is 9.41. The van der Waals surface area contributed by atoms with Gasteiger partial charge in [0.05, 0.1) is 14.2 Å². The molecule has 4 fully saturated rings. The van der Waals surface area contributed by atoms with Crippen LogP contribution in [0.1, 0.15) is 63.5 Å². The van der Waals surface area contributed by atoms with Gasteiger partial charge in [0.1, 0.15) is 0 Å². The van der Waals surface area contributed by atoms with Crippen molar-refractivity contribution in [1.29, 1.82) is 0 Å². The average molecular weight is 468 g/mol. The summed E-state index contributed by atoms with van der Waals surface area (Å²) in [7, 11) is 3.39. The first-order chi connectivity index (χ1) is 15.8. The molecule has 4 heteroatoms. The van der Waals surface area contributed by atoms with Crippen LogP contribution in [0.2, 0.25) is 5.02 Å². The Bertz CT molecular complexity index is 974. The van der Waals surface area contributed by atoms with Gasteiger partial charge in [-0.2, -0.15) is 0 Å². The summed E-state index contributed by atoms with van der Waals surface area (Å²) in [6.07, 6.45) is 9.22. The first-order valence-electron chi connectivity index (χ1n) is 12.6. The summed E-state index contributed by atoms with van der Waals surface area (Å²) in [5.74, 6) is 3.33. The van der Waals surface area contributed by atoms with Gasteiger partial charge in [0.2, 0.25) is 0 Å². The lowest BCUT2D eigenvalue weighted by Crippen LogP contribution is -2.60. The largest absolute Gasteiger partial charge is 0.493 e. The Morgan fingerprint density at radius 1 is 0.939 bits per heavy atom. The topological polar surface area (TPSA) is 30.5 Å². The third kappa shape index (κ3) is 4.28.